The molecule has 0 aliphatic rings. The molecule has 0 atom stereocenters. The Morgan fingerprint density at radius 2 is 1.69 bits per heavy atom. The highest BCUT2D eigenvalue weighted by molar-refractivity contribution is 7.12. The second-order valence-corrected chi connectivity index (χ2v) is 7.14. The quantitative estimate of drug-likeness (QED) is 0.311. The Hall–Kier alpha value is -2.57. The van der Waals surface area contributed by atoms with Crippen molar-refractivity contribution in [3.05, 3.63) is 69.0 Å². The largest absolute Gasteiger partial charge is 0.497 e. The molecule has 26 heavy (non-hydrogen) atoms. The van der Waals surface area contributed by atoms with E-state index in [0.717, 1.165) is 15.5 Å². The number of benzene rings is 1. The van der Waals surface area contributed by atoms with Crippen molar-refractivity contribution in [2.45, 2.75) is 0 Å². The van der Waals surface area contributed by atoms with Crippen LogP contribution in [0.15, 0.2) is 59.3 Å². The van der Waals surface area contributed by atoms with Gasteiger partial charge in [-0.1, -0.05) is 12.1 Å². The molecule has 2 aromatic heterocycles. The highest BCUT2D eigenvalue weighted by atomic mass is 32.1. The van der Waals surface area contributed by atoms with E-state index in [1.165, 1.54) is 11.3 Å². The summed E-state index contributed by atoms with van der Waals surface area (Å²) in [4.78, 5) is 14.4. The molecule has 0 fully saturated rings. The van der Waals surface area contributed by atoms with E-state index in [4.69, 9.17) is 14.2 Å². The van der Waals surface area contributed by atoms with Crippen molar-refractivity contribution in [3.8, 4) is 11.5 Å². The predicted octanol–water partition coefficient (Wildman–Crippen LogP) is 4.98. The number of thiophene rings is 2. The molecular weight excluding hydrogens is 368 g/mol. The lowest BCUT2D eigenvalue weighted by Crippen LogP contribution is -2.13. The van der Waals surface area contributed by atoms with Gasteiger partial charge in [0.25, 0.3) is 0 Å². The van der Waals surface area contributed by atoms with Gasteiger partial charge in [0.15, 0.2) is 0 Å². The van der Waals surface area contributed by atoms with Gasteiger partial charge in [-0.2, -0.15) is 0 Å². The molecule has 1 aromatic carbocycles. The minimum absolute atomic E-state index is 0.179. The van der Waals surface area contributed by atoms with E-state index >= 15 is 0 Å². The Morgan fingerprint density at radius 1 is 0.962 bits per heavy atom. The van der Waals surface area contributed by atoms with E-state index in [-0.39, 0.29) is 19.2 Å². The lowest BCUT2D eigenvalue weighted by atomic mass is 10.2. The lowest BCUT2D eigenvalue weighted by Gasteiger charge is -2.09. The normalized spacial score (nSPS) is 11.2. The number of hydrogen-bond donors (Lipinski definition) is 0. The molecule has 3 aromatic rings. The van der Waals surface area contributed by atoms with Gasteiger partial charge in [0.2, 0.25) is 0 Å². The average Bonchev–Trinajstić information content (AvgIpc) is 3.37. The van der Waals surface area contributed by atoms with E-state index in [9.17, 15) is 4.79 Å². The Morgan fingerprint density at radius 3 is 2.35 bits per heavy atom. The van der Waals surface area contributed by atoms with Crippen molar-refractivity contribution >= 4 is 40.3 Å². The van der Waals surface area contributed by atoms with Crippen molar-refractivity contribution in [1.29, 1.82) is 0 Å². The van der Waals surface area contributed by atoms with Crippen molar-refractivity contribution in [2.24, 2.45) is 0 Å². The van der Waals surface area contributed by atoms with Gasteiger partial charge in [0, 0.05) is 9.75 Å². The molecular formula is C20H18O4S2. The third-order valence-corrected chi connectivity index (χ3v) is 5.20. The van der Waals surface area contributed by atoms with E-state index in [1.807, 2.05) is 65.4 Å². The van der Waals surface area contributed by atoms with Crippen LogP contribution in [0.3, 0.4) is 0 Å². The Bertz CT molecular complexity index is 835. The third-order valence-electron chi connectivity index (χ3n) is 3.48. The summed E-state index contributed by atoms with van der Waals surface area (Å²) in [5.41, 5.74) is 0.562. The van der Waals surface area contributed by atoms with Gasteiger partial charge in [0.1, 0.15) is 24.7 Å². The molecule has 0 aliphatic heterocycles. The summed E-state index contributed by atoms with van der Waals surface area (Å²) < 4.78 is 16.1. The number of carbonyl (C=O) groups is 1. The zero-order chi connectivity index (χ0) is 18.2. The van der Waals surface area contributed by atoms with Crippen LogP contribution in [0.2, 0.25) is 0 Å². The number of esters is 1. The van der Waals surface area contributed by atoms with Gasteiger partial charge in [-0.05, 0) is 53.2 Å². The topological polar surface area (TPSA) is 44.8 Å². The molecule has 0 N–H and O–H groups in total. The van der Waals surface area contributed by atoms with Gasteiger partial charge in [-0.3, -0.25) is 0 Å². The Balaban J connectivity index is 1.56. The molecule has 0 bridgehead atoms. The number of hydrogen-bond acceptors (Lipinski definition) is 6. The van der Waals surface area contributed by atoms with Gasteiger partial charge in [-0.25, -0.2) is 4.79 Å². The third kappa shape index (κ3) is 4.97. The van der Waals surface area contributed by atoms with Crippen LogP contribution in [0.25, 0.3) is 11.6 Å². The molecule has 134 valence electrons. The van der Waals surface area contributed by atoms with Crippen LogP contribution in [0, 0.1) is 0 Å². The van der Waals surface area contributed by atoms with E-state index in [0.29, 0.717) is 11.3 Å². The summed E-state index contributed by atoms with van der Waals surface area (Å²) in [7, 11) is 1.62. The van der Waals surface area contributed by atoms with Crippen molar-refractivity contribution in [3.63, 3.8) is 0 Å². The highest BCUT2D eigenvalue weighted by Crippen LogP contribution is 2.26. The molecule has 0 aliphatic carbocycles. The molecule has 3 rings (SSSR count). The molecule has 4 nitrogen and oxygen atoms in total. The SMILES string of the molecule is COc1ccc(OCCOC(=O)C(=Cc2cccs2)c2cccs2)cc1. The fourth-order valence-corrected chi connectivity index (χ4v) is 3.61. The first-order valence-electron chi connectivity index (χ1n) is 7.99. The minimum Gasteiger partial charge on any atom is -0.497 e. The monoisotopic (exact) mass is 386 g/mol. The van der Waals surface area contributed by atoms with Gasteiger partial charge in [-0.15, -0.1) is 22.7 Å². The summed E-state index contributed by atoms with van der Waals surface area (Å²) in [5, 5.41) is 3.92. The maximum absolute atomic E-state index is 12.5. The zero-order valence-electron chi connectivity index (χ0n) is 14.2. The molecule has 0 unspecified atom stereocenters. The van der Waals surface area contributed by atoms with E-state index < -0.39 is 0 Å². The summed E-state index contributed by atoms with van der Waals surface area (Å²) in [5.74, 6) is 1.12. The van der Waals surface area contributed by atoms with E-state index in [1.54, 1.807) is 18.4 Å². The molecule has 0 saturated carbocycles. The number of ether oxygens (including phenoxy) is 3. The molecule has 0 radical (unpaired) electrons. The maximum atomic E-state index is 12.5. The van der Waals surface area contributed by atoms with Crippen LogP contribution in [-0.2, 0) is 9.53 Å². The van der Waals surface area contributed by atoms with Gasteiger partial charge < -0.3 is 14.2 Å². The number of carbonyl (C=O) groups excluding carboxylic acids is 1. The van der Waals surface area contributed by atoms with Crippen LogP contribution >= 0.6 is 22.7 Å². The summed E-state index contributed by atoms with van der Waals surface area (Å²) >= 11 is 3.09. The predicted molar refractivity (Wildman–Crippen MR) is 106 cm³/mol. The van der Waals surface area contributed by atoms with E-state index in [2.05, 4.69) is 0 Å². The fraction of sp³-hybridized carbons (Fsp3) is 0.150. The van der Waals surface area contributed by atoms with Crippen molar-refractivity contribution in [1.82, 2.24) is 0 Å². The summed E-state index contributed by atoms with van der Waals surface area (Å²) in [6, 6.07) is 15.0. The van der Waals surface area contributed by atoms with Crippen molar-refractivity contribution < 1.29 is 19.0 Å². The molecule has 0 spiro atoms. The molecule has 0 amide bonds. The number of methoxy groups -OCH3 is 1. The Labute approximate surface area is 160 Å². The summed E-state index contributed by atoms with van der Waals surface area (Å²) in [6.07, 6.45) is 1.86. The Kier molecular flexibility index (Phi) is 6.46. The molecule has 6 heteroatoms. The second-order valence-electron chi connectivity index (χ2n) is 5.21. The average molecular weight is 386 g/mol. The second kappa shape index (κ2) is 9.22. The highest BCUT2D eigenvalue weighted by Gasteiger charge is 2.15. The first-order valence-corrected chi connectivity index (χ1v) is 9.75. The zero-order valence-corrected chi connectivity index (χ0v) is 15.8. The smallest absolute Gasteiger partial charge is 0.339 e. The standard InChI is InChI=1S/C20H18O4S2/c1-22-15-6-8-16(9-7-15)23-10-11-24-20(21)18(19-5-3-13-26-19)14-17-4-2-12-25-17/h2-9,12-14H,10-11H2,1H3. The minimum atomic E-state index is -0.348. The molecule has 2 heterocycles. The van der Waals surface area contributed by atoms with Crippen LogP contribution < -0.4 is 9.47 Å². The van der Waals surface area contributed by atoms with Crippen LogP contribution in [-0.4, -0.2) is 26.3 Å². The lowest BCUT2D eigenvalue weighted by molar-refractivity contribution is -0.137. The van der Waals surface area contributed by atoms with Crippen molar-refractivity contribution in [2.75, 3.05) is 20.3 Å². The van der Waals surface area contributed by atoms with Crippen LogP contribution in [0.5, 0.6) is 11.5 Å². The van der Waals surface area contributed by atoms with Gasteiger partial charge in [0.05, 0.1) is 12.7 Å². The fourth-order valence-electron chi connectivity index (χ4n) is 2.22. The number of rotatable bonds is 8. The first kappa shape index (κ1) is 18.2. The maximum Gasteiger partial charge on any atom is 0.339 e. The van der Waals surface area contributed by atoms with Gasteiger partial charge >= 0.3 is 5.97 Å². The molecule has 0 saturated heterocycles. The summed E-state index contributed by atoms with van der Waals surface area (Å²) in [6.45, 7) is 0.465. The first-order chi connectivity index (χ1) is 12.8. The van der Waals surface area contributed by atoms with Crippen LogP contribution in [0.1, 0.15) is 9.75 Å². The van der Waals surface area contributed by atoms with Crippen LogP contribution in [0.4, 0.5) is 0 Å².